The molecule has 0 unspecified atom stereocenters. The molecular weight excluding hydrogens is 282 g/mol. The van der Waals surface area contributed by atoms with Gasteiger partial charge in [-0.1, -0.05) is 37.4 Å². The number of unbranched alkanes of at least 4 members (excludes halogenated alkanes) is 1. The second-order valence-electron chi connectivity index (χ2n) is 5.35. The number of amides is 2. The molecule has 2 aliphatic rings. The van der Waals surface area contributed by atoms with Crippen molar-refractivity contribution in [3.05, 3.63) is 11.1 Å². The van der Waals surface area contributed by atoms with Crippen LogP contribution >= 0.6 is 11.6 Å². The van der Waals surface area contributed by atoms with Crippen molar-refractivity contribution in [3.63, 3.8) is 0 Å². The number of halogens is 1. The van der Waals surface area contributed by atoms with E-state index in [9.17, 15) is 19.5 Å². The van der Waals surface area contributed by atoms with Crippen LogP contribution in [0.5, 0.6) is 0 Å². The minimum atomic E-state index is -1.11. The number of nitrogens with zero attached hydrogens (tertiary/aromatic N) is 1. The fourth-order valence-electron chi connectivity index (χ4n) is 2.92. The summed E-state index contributed by atoms with van der Waals surface area (Å²) in [4.78, 5) is 37.0. The van der Waals surface area contributed by atoms with E-state index in [0.717, 1.165) is 11.3 Å². The Kier molecular flexibility index (Phi) is 4.48. The van der Waals surface area contributed by atoms with Crippen molar-refractivity contribution in [2.24, 2.45) is 11.8 Å². The number of imide groups is 1. The molecule has 20 heavy (non-hydrogen) atoms. The monoisotopic (exact) mass is 299 g/mol. The van der Waals surface area contributed by atoms with Crippen molar-refractivity contribution in [2.75, 3.05) is 0 Å². The highest BCUT2D eigenvalue weighted by molar-refractivity contribution is 6.30. The first-order valence-corrected chi connectivity index (χ1v) is 7.29. The van der Waals surface area contributed by atoms with Crippen LogP contribution in [0.1, 0.15) is 39.0 Å². The molecule has 1 fully saturated rings. The second-order valence-corrected chi connectivity index (χ2v) is 5.83. The molecule has 0 aromatic carbocycles. The lowest BCUT2D eigenvalue weighted by molar-refractivity contribution is -0.155. The Balaban J connectivity index is 2.22. The highest BCUT2D eigenvalue weighted by Gasteiger charge is 2.51. The minimum absolute atomic E-state index is 0.309. The number of rotatable bonds is 5. The third-order valence-electron chi connectivity index (χ3n) is 4.03. The van der Waals surface area contributed by atoms with E-state index in [-0.39, 0.29) is 11.8 Å². The minimum Gasteiger partial charge on any atom is -0.480 e. The third kappa shape index (κ3) is 2.59. The molecular formula is C14H18ClNO4. The topological polar surface area (TPSA) is 74.7 Å². The molecule has 1 aliphatic heterocycles. The number of fused-ring (bicyclic) bond motifs is 1. The van der Waals surface area contributed by atoms with Gasteiger partial charge in [-0.25, -0.2) is 4.79 Å². The molecule has 2 rings (SSSR count). The van der Waals surface area contributed by atoms with Gasteiger partial charge in [0, 0.05) is 5.03 Å². The maximum Gasteiger partial charge on any atom is 0.326 e. The Morgan fingerprint density at radius 3 is 2.70 bits per heavy atom. The van der Waals surface area contributed by atoms with Crippen LogP contribution in [-0.4, -0.2) is 33.8 Å². The fraction of sp³-hybridized carbons (Fsp3) is 0.643. The van der Waals surface area contributed by atoms with Crippen LogP contribution in [0.25, 0.3) is 0 Å². The van der Waals surface area contributed by atoms with Crippen molar-refractivity contribution in [2.45, 2.75) is 45.1 Å². The van der Waals surface area contributed by atoms with E-state index in [2.05, 4.69) is 0 Å². The highest BCUT2D eigenvalue weighted by Crippen LogP contribution is 2.40. The summed E-state index contributed by atoms with van der Waals surface area (Å²) in [6, 6.07) is -1.04. The molecule has 0 aromatic rings. The summed E-state index contributed by atoms with van der Waals surface area (Å²) in [6.07, 6.45) is 4.31. The summed E-state index contributed by atoms with van der Waals surface area (Å²) >= 11 is 5.93. The summed E-state index contributed by atoms with van der Waals surface area (Å²) in [6.45, 7) is 1.94. The van der Waals surface area contributed by atoms with Gasteiger partial charge >= 0.3 is 5.97 Å². The Bertz CT molecular complexity index is 474. The van der Waals surface area contributed by atoms with Gasteiger partial charge in [-0.05, 0) is 19.3 Å². The molecule has 1 heterocycles. The van der Waals surface area contributed by atoms with Gasteiger partial charge in [0.2, 0.25) is 11.8 Å². The Morgan fingerprint density at radius 1 is 1.45 bits per heavy atom. The number of likely N-dealkylation sites (tertiary alicyclic amines) is 1. The number of aliphatic carboxylic acids is 1. The lowest BCUT2D eigenvalue weighted by Crippen LogP contribution is -2.45. The van der Waals surface area contributed by atoms with Gasteiger partial charge in [0.25, 0.3) is 0 Å². The first-order valence-electron chi connectivity index (χ1n) is 6.91. The number of carboxylic acids is 1. The Hall–Kier alpha value is -1.36. The van der Waals surface area contributed by atoms with E-state index in [4.69, 9.17) is 11.6 Å². The fourth-order valence-corrected chi connectivity index (χ4v) is 3.18. The summed E-state index contributed by atoms with van der Waals surface area (Å²) < 4.78 is 0. The van der Waals surface area contributed by atoms with Gasteiger partial charge in [0.05, 0.1) is 11.8 Å². The van der Waals surface area contributed by atoms with Gasteiger partial charge < -0.3 is 5.11 Å². The predicted octanol–water partition coefficient (Wildman–Crippen LogP) is 2.15. The number of carbonyl (C=O) groups excluding carboxylic acids is 2. The standard InChI is InChI=1S/C14H18ClNO4/c1-2-3-4-11(14(19)20)16-12(17)9-6-5-8(15)7-10(9)13(16)18/h5,9-11H,2-4,6-7H2,1H3,(H,19,20)/t9-,10+,11+/m0/s1. The lowest BCUT2D eigenvalue weighted by Gasteiger charge is -2.22. The number of carboxylic acid groups (broad SMARTS) is 1. The average Bonchev–Trinajstić information content (AvgIpc) is 2.63. The number of carbonyl (C=O) groups is 3. The van der Waals surface area contributed by atoms with E-state index in [1.165, 1.54) is 0 Å². The zero-order chi connectivity index (χ0) is 14.9. The molecule has 0 saturated carbocycles. The van der Waals surface area contributed by atoms with Gasteiger partial charge in [-0.2, -0.15) is 0 Å². The molecule has 0 radical (unpaired) electrons. The lowest BCUT2D eigenvalue weighted by atomic mass is 9.85. The van der Waals surface area contributed by atoms with Crippen molar-refractivity contribution in [3.8, 4) is 0 Å². The average molecular weight is 300 g/mol. The van der Waals surface area contributed by atoms with Gasteiger partial charge in [-0.15, -0.1) is 0 Å². The highest BCUT2D eigenvalue weighted by atomic mass is 35.5. The van der Waals surface area contributed by atoms with Crippen LogP contribution < -0.4 is 0 Å². The van der Waals surface area contributed by atoms with Crippen LogP contribution in [0.15, 0.2) is 11.1 Å². The second kappa shape index (κ2) is 5.95. The summed E-state index contributed by atoms with van der Waals surface area (Å²) in [7, 11) is 0. The molecule has 3 atom stereocenters. The molecule has 1 saturated heterocycles. The normalized spacial score (nSPS) is 27.3. The predicted molar refractivity (Wildman–Crippen MR) is 73.0 cm³/mol. The maximum absolute atomic E-state index is 12.4. The van der Waals surface area contributed by atoms with Crippen LogP contribution in [0.4, 0.5) is 0 Å². The van der Waals surface area contributed by atoms with Gasteiger partial charge in [0.1, 0.15) is 6.04 Å². The molecule has 0 aromatic heterocycles. The molecule has 2 amide bonds. The molecule has 1 N–H and O–H groups in total. The van der Waals surface area contributed by atoms with Gasteiger partial charge in [-0.3, -0.25) is 14.5 Å². The number of allylic oxidation sites excluding steroid dienone is 2. The van der Waals surface area contributed by atoms with Crippen LogP contribution in [0, 0.1) is 11.8 Å². The van der Waals surface area contributed by atoms with Crippen LogP contribution in [-0.2, 0) is 14.4 Å². The summed E-state index contributed by atoms with van der Waals surface area (Å²) in [5.74, 6) is -2.77. The van der Waals surface area contributed by atoms with Crippen molar-refractivity contribution in [1.82, 2.24) is 4.90 Å². The van der Waals surface area contributed by atoms with E-state index in [0.29, 0.717) is 30.7 Å². The molecule has 110 valence electrons. The first-order chi connectivity index (χ1) is 9.47. The Labute approximate surface area is 122 Å². The van der Waals surface area contributed by atoms with Crippen molar-refractivity contribution < 1.29 is 19.5 Å². The zero-order valence-corrected chi connectivity index (χ0v) is 12.1. The van der Waals surface area contributed by atoms with Crippen molar-refractivity contribution in [1.29, 1.82) is 0 Å². The van der Waals surface area contributed by atoms with Crippen molar-refractivity contribution >= 4 is 29.4 Å². The van der Waals surface area contributed by atoms with Gasteiger partial charge in [0.15, 0.2) is 0 Å². The summed E-state index contributed by atoms with van der Waals surface area (Å²) in [5, 5.41) is 9.87. The Morgan fingerprint density at radius 2 is 2.10 bits per heavy atom. The first kappa shape index (κ1) is 15.0. The van der Waals surface area contributed by atoms with Crippen LogP contribution in [0.3, 0.4) is 0 Å². The zero-order valence-electron chi connectivity index (χ0n) is 11.3. The third-order valence-corrected chi connectivity index (χ3v) is 4.34. The molecule has 1 aliphatic carbocycles. The SMILES string of the molecule is CCCC[C@H](C(=O)O)N1C(=O)[C@H]2CC=C(Cl)C[C@H]2C1=O. The smallest absolute Gasteiger partial charge is 0.326 e. The molecule has 0 bridgehead atoms. The van der Waals surface area contributed by atoms with E-state index < -0.39 is 23.8 Å². The molecule has 6 heteroatoms. The largest absolute Gasteiger partial charge is 0.480 e. The summed E-state index contributed by atoms with van der Waals surface area (Å²) in [5.41, 5.74) is 0. The maximum atomic E-state index is 12.4. The number of hydrogen-bond donors (Lipinski definition) is 1. The van der Waals surface area contributed by atoms with E-state index >= 15 is 0 Å². The van der Waals surface area contributed by atoms with E-state index in [1.54, 1.807) is 6.08 Å². The van der Waals surface area contributed by atoms with E-state index in [1.807, 2.05) is 6.92 Å². The molecule has 5 nitrogen and oxygen atoms in total. The number of hydrogen-bond acceptors (Lipinski definition) is 3. The van der Waals surface area contributed by atoms with Crippen LogP contribution in [0.2, 0.25) is 0 Å². The molecule has 0 spiro atoms. The quantitative estimate of drug-likeness (QED) is 0.789.